The number of rotatable bonds is 3. The second-order valence-corrected chi connectivity index (χ2v) is 9.89. The third kappa shape index (κ3) is 5.41. The van der Waals surface area contributed by atoms with Crippen LogP contribution >= 0.6 is 0 Å². The van der Waals surface area contributed by atoms with E-state index in [0.717, 1.165) is 0 Å². The van der Waals surface area contributed by atoms with E-state index in [1.165, 1.54) is 24.3 Å². The fourth-order valence-electron chi connectivity index (χ4n) is 5.10. The van der Waals surface area contributed by atoms with Crippen molar-refractivity contribution in [3.05, 3.63) is 95.1 Å². The van der Waals surface area contributed by atoms with Crippen LogP contribution < -0.4 is 4.74 Å². The number of halogens is 12. The van der Waals surface area contributed by atoms with Gasteiger partial charge in [0.25, 0.3) is 0 Å². The molecule has 4 nitrogen and oxygen atoms in total. The fourth-order valence-corrected chi connectivity index (χ4v) is 5.10. The summed E-state index contributed by atoms with van der Waals surface area (Å²) in [5, 5.41) is 8.84. The molecule has 0 radical (unpaired) electrons. The Morgan fingerprint density at radius 3 is 1.61 bits per heavy atom. The van der Waals surface area contributed by atoms with Gasteiger partial charge in [0.15, 0.2) is 5.76 Å². The number of fused-ring (bicyclic) bond motifs is 3. The molecular weight excluding hydrogens is 648 g/mol. The standard InChI is InChI=1S/C30H12F12N2O2/c31-27(32,33)18-12-20(23(29(37,38)39)24(30(40,41)42)22(18)28(34,35)36)46-26-17-10-14-6-2-1-5-13(14)9-16(17)25(43-44-26)21-11-15-7-3-4-8-19(15)45-21/h1-12H. The Morgan fingerprint density at radius 2 is 1.07 bits per heavy atom. The van der Waals surface area contributed by atoms with E-state index >= 15 is 0 Å². The summed E-state index contributed by atoms with van der Waals surface area (Å²) in [6.45, 7) is 0. The van der Waals surface area contributed by atoms with Crippen molar-refractivity contribution in [1.82, 2.24) is 10.2 Å². The van der Waals surface area contributed by atoms with E-state index < -0.39 is 64.7 Å². The van der Waals surface area contributed by atoms with Gasteiger partial charge in [-0.1, -0.05) is 42.5 Å². The number of hydrogen-bond acceptors (Lipinski definition) is 4. The lowest BCUT2D eigenvalue weighted by Gasteiger charge is -2.26. The van der Waals surface area contributed by atoms with Crippen LogP contribution in [0.3, 0.4) is 0 Å². The Bertz CT molecular complexity index is 2110. The van der Waals surface area contributed by atoms with Gasteiger partial charge in [-0.25, -0.2) is 0 Å². The highest BCUT2D eigenvalue weighted by atomic mass is 19.4. The van der Waals surface area contributed by atoms with Crippen molar-refractivity contribution in [2.45, 2.75) is 24.7 Å². The van der Waals surface area contributed by atoms with E-state index in [0.29, 0.717) is 21.7 Å². The van der Waals surface area contributed by atoms with Gasteiger partial charge >= 0.3 is 24.7 Å². The number of ether oxygens (including phenoxy) is 1. The Morgan fingerprint density at radius 1 is 0.522 bits per heavy atom. The van der Waals surface area contributed by atoms with Gasteiger partial charge < -0.3 is 9.15 Å². The third-order valence-electron chi connectivity index (χ3n) is 6.92. The van der Waals surface area contributed by atoms with Crippen molar-refractivity contribution in [3.63, 3.8) is 0 Å². The molecule has 0 spiro atoms. The first kappa shape index (κ1) is 31.0. The van der Waals surface area contributed by atoms with Gasteiger partial charge in [0.05, 0.1) is 16.7 Å². The Hall–Kier alpha value is -5.02. The van der Waals surface area contributed by atoms with E-state index in [9.17, 15) is 52.7 Å². The minimum Gasteiger partial charge on any atom is -0.454 e. The van der Waals surface area contributed by atoms with Crippen LogP contribution in [0.25, 0.3) is 44.0 Å². The number of para-hydroxylation sites is 1. The quantitative estimate of drug-likeness (QED) is 0.140. The van der Waals surface area contributed by atoms with Gasteiger partial charge in [0.1, 0.15) is 22.6 Å². The molecule has 46 heavy (non-hydrogen) atoms. The summed E-state index contributed by atoms with van der Waals surface area (Å²) in [7, 11) is 0. The van der Waals surface area contributed by atoms with Crippen LogP contribution in [0.1, 0.15) is 22.3 Å². The number of alkyl halides is 12. The minimum absolute atomic E-state index is 0.0280. The molecule has 0 bridgehead atoms. The molecule has 0 aliphatic rings. The Kier molecular flexibility index (Phi) is 6.90. The lowest BCUT2D eigenvalue weighted by Crippen LogP contribution is -2.28. The Balaban J connectivity index is 1.67. The minimum atomic E-state index is -6.57. The van der Waals surface area contributed by atoms with Crippen molar-refractivity contribution in [2.75, 3.05) is 0 Å². The lowest BCUT2D eigenvalue weighted by atomic mass is 9.92. The molecule has 0 N–H and O–H groups in total. The molecule has 16 heteroatoms. The van der Waals surface area contributed by atoms with Crippen LogP contribution in [0.5, 0.6) is 11.6 Å². The smallest absolute Gasteiger partial charge is 0.420 e. The van der Waals surface area contributed by atoms with Gasteiger partial charge in [0, 0.05) is 16.2 Å². The summed E-state index contributed by atoms with van der Waals surface area (Å²) in [5.41, 5.74) is -13.0. The van der Waals surface area contributed by atoms with Crippen LogP contribution in [0.4, 0.5) is 52.7 Å². The molecule has 2 heterocycles. The molecule has 0 fully saturated rings. The predicted molar refractivity (Wildman–Crippen MR) is 139 cm³/mol. The monoisotopic (exact) mass is 660 g/mol. The summed E-state index contributed by atoms with van der Waals surface area (Å²) in [6.07, 6.45) is -25.5. The molecule has 0 atom stereocenters. The van der Waals surface area contributed by atoms with Crippen molar-refractivity contribution < 1.29 is 61.8 Å². The van der Waals surface area contributed by atoms with Crippen molar-refractivity contribution in [3.8, 4) is 23.1 Å². The highest BCUT2D eigenvalue weighted by Gasteiger charge is 2.56. The van der Waals surface area contributed by atoms with Crippen LogP contribution in [-0.2, 0) is 24.7 Å². The van der Waals surface area contributed by atoms with Crippen LogP contribution in [0.15, 0.2) is 77.2 Å². The zero-order chi connectivity index (χ0) is 33.4. The summed E-state index contributed by atoms with van der Waals surface area (Å²) < 4.78 is 178. The number of aromatic nitrogens is 2. The SMILES string of the molecule is FC(F)(F)c1cc(Oc2nnc(-c3cc4ccccc4o3)c3cc4ccccc4cc23)c(C(F)(F)F)c(C(F)(F)F)c1C(F)(F)F. The molecule has 0 aliphatic carbocycles. The fraction of sp³-hybridized carbons (Fsp3) is 0.133. The first-order chi connectivity index (χ1) is 21.3. The molecule has 4 aromatic carbocycles. The topological polar surface area (TPSA) is 48.2 Å². The second kappa shape index (κ2) is 10.3. The van der Waals surface area contributed by atoms with E-state index in [2.05, 4.69) is 10.2 Å². The summed E-state index contributed by atoms with van der Waals surface area (Å²) in [4.78, 5) is 0. The van der Waals surface area contributed by atoms with Crippen molar-refractivity contribution >= 4 is 32.5 Å². The van der Waals surface area contributed by atoms with E-state index in [-0.39, 0.29) is 22.2 Å². The molecule has 6 aromatic rings. The Labute approximate surface area is 247 Å². The molecule has 0 aliphatic heterocycles. The molecule has 238 valence electrons. The maximum Gasteiger partial charge on any atom is 0.420 e. The highest BCUT2D eigenvalue weighted by Crippen LogP contribution is 2.55. The largest absolute Gasteiger partial charge is 0.454 e. The van der Waals surface area contributed by atoms with Crippen LogP contribution in [-0.4, -0.2) is 10.2 Å². The molecule has 0 saturated heterocycles. The van der Waals surface area contributed by atoms with Crippen molar-refractivity contribution in [2.24, 2.45) is 0 Å². The number of nitrogens with zero attached hydrogens (tertiary/aromatic N) is 2. The summed E-state index contributed by atoms with van der Waals surface area (Å²) >= 11 is 0. The summed E-state index contributed by atoms with van der Waals surface area (Å²) in [6, 6.07) is 16.5. The van der Waals surface area contributed by atoms with Crippen LogP contribution in [0.2, 0.25) is 0 Å². The van der Waals surface area contributed by atoms with Crippen molar-refractivity contribution in [1.29, 1.82) is 0 Å². The van der Waals surface area contributed by atoms with Gasteiger partial charge in [-0.05, 0) is 41.1 Å². The van der Waals surface area contributed by atoms with Gasteiger partial charge in [-0.3, -0.25) is 0 Å². The molecule has 0 amide bonds. The van der Waals surface area contributed by atoms with E-state index in [1.54, 1.807) is 42.5 Å². The highest BCUT2D eigenvalue weighted by molar-refractivity contribution is 6.05. The van der Waals surface area contributed by atoms with Gasteiger partial charge in [-0.2, -0.15) is 52.7 Å². The lowest BCUT2D eigenvalue weighted by molar-refractivity contribution is -0.183. The normalized spacial score (nSPS) is 13.2. The van der Waals surface area contributed by atoms with E-state index in [1.807, 2.05) is 0 Å². The predicted octanol–water partition coefficient (Wildman–Crippen LogP) is 11.1. The molecular formula is C30H12F12N2O2. The molecule has 0 unspecified atom stereocenters. The number of hydrogen-bond donors (Lipinski definition) is 0. The summed E-state index contributed by atoms with van der Waals surface area (Å²) in [5.74, 6) is -3.16. The molecule has 6 rings (SSSR count). The van der Waals surface area contributed by atoms with Gasteiger partial charge in [-0.15, -0.1) is 10.2 Å². The first-order valence-corrected chi connectivity index (χ1v) is 12.7. The molecule has 2 aromatic heterocycles. The maximum atomic E-state index is 14.2. The zero-order valence-electron chi connectivity index (χ0n) is 22.2. The van der Waals surface area contributed by atoms with E-state index in [4.69, 9.17) is 9.15 Å². The average molecular weight is 660 g/mol. The third-order valence-corrected chi connectivity index (χ3v) is 6.92. The maximum absolute atomic E-state index is 14.2. The zero-order valence-corrected chi connectivity index (χ0v) is 22.2. The van der Waals surface area contributed by atoms with Crippen LogP contribution in [0, 0.1) is 0 Å². The molecule has 0 saturated carbocycles. The van der Waals surface area contributed by atoms with Gasteiger partial charge in [0.2, 0.25) is 5.88 Å². The second-order valence-electron chi connectivity index (χ2n) is 9.89. The first-order valence-electron chi connectivity index (χ1n) is 12.7. The average Bonchev–Trinajstić information content (AvgIpc) is 3.37. The number of furan rings is 1. The number of benzene rings is 4.